The van der Waals surface area contributed by atoms with E-state index in [-0.39, 0.29) is 11.9 Å². The molecule has 6 nitrogen and oxygen atoms in total. The third kappa shape index (κ3) is 4.38. The second kappa shape index (κ2) is 8.76. The molecule has 2 aromatic rings. The summed E-state index contributed by atoms with van der Waals surface area (Å²) in [6.45, 7) is 2.54. The number of amides is 1. The molecule has 1 aliphatic rings. The largest absolute Gasteiger partial charge is 0.497 e. The highest BCUT2D eigenvalue weighted by Gasteiger charge is 2.25. The van der Waals surface area contributed by atoms with Crippen LogP contribution in [0.25, 0.3) is 0 Å². The topological polar surface area (TPSA) is 63.9 Å². The fraction of sp³-hybridized carbons (Fsp3) is 0.450. The van der Waals surface area contributed by atoms with Crippen LogP contribution in [-0.4, -0.2) is 44.7 Å². The number of nitrogens with zero attached hydrogens (tertiary/aromatic N) is 1. The number of rotatable bonds is 7. The van der Waals surface area contributed by atoms with Gasteiger partial charge in [-0.1, -0.05) is 6.42 Å². The highest BCUT2D eigenvalue weighted by molar-refractivity contribution is 5.95. The first-order valence-corrected chi connectivity index (χ1v) is 9.00. The van der Waals surface area contributed by atoms with E-state index in [0.717, 1.165) is 18.8 Å². The third-order valence-electron chi connectivity index (χ3n) is 4.77. The van der Waals surface area contributed by atoms with Crippen molar-refractivity contribution in [3.8, 4) is 11.5 Å². The molecule has 0 aliphatic carbocycles. The number of carbonyl (C=O) groups excluding carboxylic acids is 1. The molecule has 1 atom stereocenters. The SMILES string of the molecule is COc1cc(OC)cc(C(=O)NC[C@H](c2ccco2)N2CCCCC2)c1. The molecule has 1 aromatic carbocycles. The molecule has 6 heteroatoms. The minimum Gasteiger partial charge on any atom is -0.497 e. The normalized spacial score (nSPS) is 16.1. The molecule has 3 rings (SSSR count). The Kier molecular flexibility index (Phi) is 6.17. The molecule has 0 saturated carbocycles. The smallest absolute Gasteiger partial charge is 0.251 e. The van der Waals surface area contributed by atoms with Crippen LogP contribution in [0.1, 0.15) is 41.4 Å². The van der Waals surface area contributed by atoms with Gasteiger partial charge >= 0.3 is 0 Å². The lowest BCUT2D eigenvalue weighted by Crippen LogP contribution is -2.40. The number of benzene rings is 1. The van der Waals surface area contributed by atoms with Gasteiger partial charge in [0.1, 0.15) is 17.3 Å². The molecule has 1 saturated heterocycles. The highest BCUT2D eigenvalue weighted by atomic mass is 16.5. The minimum absolute atomic E-state index is 0.0433. The molecule has 0 spiro atoms. The van der Waals surface area contributed by atoms with Gasteiger partial charge in [-0.3, -0.25) is 9.69 Å². The maximum Gasteiger partial charge on any atom is 0.251 e. The van der Waals surface area contributed by atoms with Gasteiger partial charge in [-0.05, 0) is 50.2 Å². The van der Waals surface area contributed by atoms with Gasteiger partial charge in [-0.15, -0.1) is 0 Å². The van der Waals surface area contributed by atoms with Crippen molar-refractivity contribution < 1.29 is 18.7 Å². The fourth-order valence-electron chi connectivity index (χ4n) is 3.35. The van der Waals surface area contributed by atoms with Crippen molar-refractivity contribution in [3.05, 3.63) is 47.9 Å². The molecule has 1 fully saturated rings. The van der Waals surface area contributed by atoms with Crippen LogP contribution in [0.3, 0.4) is 0 Å². The molecule has 0 radical (unpaired) electrons. The van der Waals surface area contributed by atoms with Crippen LogP contribution in [0.2, 0.25) is 0 Å². The first kappa shape index (κ1) is 18.3. The Hall–Kier alpha value is -2.47. The summed E-state index contributed by atoms with van der Waals surface area (Å²) in [7, 11) is 3.14. The van der Waals surface area contributed by atoms with E-state index < -0.39 is 0 Å². The lowest BCUT2D eigenvalue weighted by Gasteiger charge is -2.33. The maximum absolute atomic E-state index is 12.7. The number of hydrogen-bond acceptors (Lipinski definition) is 5. The van der Waals surface area contributed by atoms with Gasteiger partial charge in [0.15, 0.2) is 0 Å². The van der Waals surface area contributed by atoms with Gasteiger partial charge in [-0.25, -0.2) is 0 Å². The molecule has 0 bridgehead atoms. The molecule has 1 N–H and O–H groups in total. The molecule has 1 aliphatic heterocycles. The van der Waals surface area contributed by atoms with Gasteiger partial charge in [0.05, 0.1) is 26.5 Å². The number of piperidine rings is 1. The van der Waals surface area contributed by atoms with E-state index in [1.165, 1.54) is 19.3 Å². The lowest BCUT2D eigenvalue weighted by molar-refractivity contribution is 0.0913. The average molecular weight is 358 g/mol. The van der Waals surface area contributed by atoms with Crippen molar-refractivity contribution >= 4 is 5.91 Å². The molecule has 1 aromatic heterocycles. The summed E-state index contributed by atoms with van der Waals surface area (Å²) in [5, 5.41) is 3.04. The first-order valence-electron chi connectivity index (χ1n) is 9.00. The van der Waals surface area contributed by atoms with Crippen LogP contribution in [0, 0.1) is 0 Å². The van der Waals surface area contributed by atoms with Crippen molar-refractivity contribution in [1.29, 1.82) is 0 Å². The van der Waals surface area contributed by atoms with Crippen LogP contribution < -0.4 is 14.8 Å². The maximum atomic E-state index is 12.7. The summed E-state index contributed by atoms with van der Waals surface area (Å²) in [6, 6.07) is 9.07. The zero-order valence-corrected chi connectivity index (χ0v) is 15.4. The van der Waals surface area contributed by atoms with Crippen LogP contribution in [0.5, 0.6) is 11.5 Å². The summed E-state index contributed by atoms with van der Waals surface area (Å²) in [4.78, 5) is 15.1. The number of carbonyl (C=O) groups is 1. The van der Waals surface area contributed by atoms with E-state index in [2.05, 4.69) is 10.2 Å². The minimum atomic E-state index is -0.157. The molecule has 1 amide bonds. The van der Waals surface area contributed by atoms with Crippen molar-refractivity contribution in [2.24, 2.45) is 0 Å². The Morgan fingerprint density at radius 1 is 1.15 bits per heavy atom. The van der Waals surface area contributed by atoms with Gasteiger partial charge in [0.25, 0.3) is 5.91 Å². The molecule has 26 heavy (non-hydrogen) atoms. The van der Waals surface area contributed by atoms with Crippen LogP contribution >= 0.6 is 0 Å². The fourth-order valence-corrected chi connectivity index (χ4v) is 3.35. The van der Waals surface area contributed by atoms with Crippen molar-refractivity contribution in [1.82, 2.24) is 10.2 Å². The van der Waals surface area contributed by atoms with Gasteiger partial charge < -0.3 is 19.2 Å². The monoisotopic (exact) mass is 358 g/mol. The van der Waals surface area contributed by atoms with Crippen molar-refractivity contribution in [2.45, 2.75) is 25.3 Å². The standard InChI is InChI=1S/C20H26N2O4/c1-24-16-11-15(12-17(13-16)25-2)20(23)21-14-18(19-7-6-10-26-19)22-8-4-3-5-9-22/h6-7,10-13,18H,3-5,8-9,14H2,1-2H3,(H,21,23)/t18-/m1/s1. The Morgan fingerprint density at radius 3 is 2.42 bits per heavy atom. The molecular weight excluding hydrogens is 332 g/mol. The van der Waals surface area contributed by atoms with E-state index in [0.29, 0.717) is 23.6 Å². The Balaban J connectivity index is 1.71. The zero-order chi connectivity index (χ0) is 18.4. The Morgan fingerprint density at radius 2 is 1.85 bits per heavy atom. The molecular formula is C20H26N2O4. The average Bonchev–Trinajstić information content (AvgIpc) is 3.22. The van der Waals surface area contributed by atoms with E-state index in [1.54, 1.807) is 38.7 Å². The summed E-state index contributed by atoms with van der Waals surface area (Å²) < 4.78 is 16.1. The summed E-state index contributed by atoms with van der Waals surface area (Å²) >= 11 is 0. The highest BCUT2D eigenvalue weighted by Crippen LogP contribution is 2.25. The predicted octanol–water partition coefficient (Wildman–Crippen LogP) is 3.25. The summed E-state index contributed by atoms with van der Waals surface area (Å²) in [5.41, 5.74) is 0.512. The van der Waals surface area contributed by atoms with Crippen LogP contribution in [-0.2, 0) is 0 Å². The van der Waals surface area contributed by atoms with E-state index in [4.69, 9.17) is 13.9 Å². The lowest BCUT2D eigenvalue weighted by atomic mass is 10.1. The molecule has 140 valence electrons. The van der Waals surface area contributed by atoms with Gasteiger partial charge in [0, 0.05) is 18.2 Å². The summed E-state index contributed by atoms with van der Waals surface area (Å²) in [6.07, 6.45) is 5.30. The van der Waals surface area contributed by atoms with Crippen LogP contribution in [0.4, 0.5) is 0 Å². The number of hydrogen-bond donors (Lipinski definition) is 1. The van der Waals surface area contributed by atoms with E-state index >= 15 is 0 Å². The number of nitrogens with one attached hydrogen (secondary N) is 1. The number of ether oxygens (including phenoxy) is 2. The second-order valence-corrected chi connectivity index (χ2v) is 6.44. The zero-order valence-electron chi connectivity index (χ0n) is 15.4. The van der Waals surface area contributed by atoms with Gasteiger partial charge in [-0.2, -0.15) is 0 Å². The Labute approximate surface area is 154 Å². The summed E-state index contributed by atoms with van der Waals surface area (Å²) in [5.74, 6) is 1.91. The second-order valence-electron chi connectivity index (χ2n) is 6.44. The number of furan rings is 1. The van der Waals surface area contributed by atoms with E-state index in [9.17, 15) is 4.79 Å². The Bertz CT molecular complexity index is 686. The third-order valence-corrected chi connectivity index (χ3v) is 4.77. The predicted molar refractivity (Wildman–Crippen MR) is 98.8 cm³/mol. The quantitative estimate of drug-likeness (QED) is 0.823. The van der Waals surface area contributed by atoms with Crippen molar-refractivity contribution in [3.63, 3.8) is 0 Å². The number of methoxy groups -OCH3 is 2. The van der Waals surface area contributed by atoms with Crippen LogP contribution in [0.15, 0.2) is 41.0 Å². The number of likely N-dealkylation sites (tertiary alicyclic amines) is 1. The molecule has 2 heterocycles. The molecule has 0 unspecified atom stereocenters. The first-order chi connectivity index (χ1) is 12.7. The van der Waals surface area contributed by atoms with Crippen molar-refractivity contribution in [2.75, 3.05) is 33.9 Å². The van der Waals surface area contributed by atoms with E-state index in [1.807, 2.05) is 12.1 Å². The van der Waals surface area contributed by atoms with Gasteiger partial charge in [0.2, 0.25) is 0 Å².